The molecule has 3 aromatic rings. The van der Waals surface area contributed by atoms with E-state index in [-0.39, 0.29) is 10.8 Å². The summed E-state index contributed by atoms with van der Waals surface area (Å²) in [4.78, 5) is 14.5. The van der Waals surface area contributed by atoms with Gasteiger partial charge < -0.3 is 4.90 Å². The topological polar surface area (TPSA) is 83.1 Å². The number of hydrogen-bond donors (Lipinski definition) is 1. The van der Waals surface area contributed by atoms with Gasteiger partial charge in [0.1, 0.15) is 0 Å². The van der Waals surface area contributed by atoms with Crippen molar-refractivity contribution in [3.8, 4) is 11.3 Å². The maximum absolute atomic E-state index is 12.6. The van der Waals surface area contributed by atoms with Crippen LogP contribution in [0.2, 0.25) is 0 Å². The summed E-state index contributed by atoms with van der Waals surface area (Å²) in [5, 5.41) is 6.92. The number of amides is 1. The second-order valence-electron chi connectivity index (χ2n) is 7.59. The number of aryl methyl sites for hydroxylation is 1. The monoisotopic (exact) mass is 425 g/mol. The van der Waals surface area contributed by atoms with Crippen LogP contribution in [0.4, 0.5) is 0 Å². The number of hydrogen-bond acceptors (Lipinski definition) is 4. The van der Waals surface area contributed by atoms with Gasteiger partial charge in [0.15, 0.2) is 9.84 Å². The fourth-order valence-corrected chi connectivity index (χ4v) is 4.19. The molecule has 0 aliphatic rings. The SMILES string of the molecule is CC(C)S(=O)(=O)c1ccc(C(=O)N(C)CCCc2cc(-c3ccccc3)n[nH]2)cc1. The number of rotatable bonds is 8. The first-order valence-corrected chi connectivity index (χ1v) is 11.5. The molecule has 6 nitrogen and oxygen atoms in total. The third kappa shape index (κ3) is 4.97. The van der Waals surface area contributed by atoms with Crippen LogP contribution in [0.3, 0.4) is 0 Å². The average molecular weight is 426 g/mol. The predicted octanol–water partition coefficient (Wildman–Crippen LogP) is 3.96. The Morgan fingerprint density at radius 1 is 1.07 bits per heavy atom. The van der Waals surface area contributed by atoms with Crippen molar-refractivity contribution in [2.75, 3.05) is 13.6 Å². The molecule has 0 bridgehead atoms. The Morgan fingerprint density at radius 3 is 2.37 bits per heavy atom. The highest BCUT2D eigenvalue weighted by Gasteiger charge is 2.20. The maximum atomic E-state index is 12.6. The molecule has 0 saturated heterocycles. The van der Waals surface area contributed by atoms with E-state index in [9.17, 15) is 13.2 Å². The molecule has 2 aromatic carbocycles. The molecule has 0 radical (unpaired) electrons. The molecule has 7 heteroatoms. The minimum absolute atomic E-state index is 0.127. The van der Waals surface area contributed by atoms with Crippen molar-refractivity contribution in [3.05, 3.63) is 71.9 Å². The minimum atomic E-state index is -3.34. The lowest BCUT2D eigenvalue weighted by atomic mass is 10.1. The Balaban J connectivity index is 1.54. The molecule has 1 aromatic heterocycles. The second-order valence-corrected chi connectivity index (χ2v) is 10.1. The molecule has 0 fully saturated rings. The quantitative estimate of drug-likeness (QED) is 0.592. The largest absolute Gasteiger partial charge is 0.342 e. The minimum Gasteiger partial charge on any atom is -0.342 e. The molecule has 30 heavy (non-hydrogen) atoms. The van der Waals surface area contributed by atoms with Crippen LogP contribution in [0.25, 0.3) is 11.3 Å². The number of sulfone groups is 1. The van der Waals surface area contributed by atoms with Crippen molar-refractivity contribution in [1.29, 1.82) is 0 Å². The first kappa shape index (κ1) is 21.8. The molecule has 0 atom stereocenters. The maximum Gasteiger partial charge on any atom is 0.253 e. The third-order valence-corrected chi connectivity index (χ3v) is 7.21. The summed E-state index contributed by atoms with van der Waals surface area (Å²) in [6, 6.07) is 18.2. The fourth-order valence-electron chi connectivity index (χ4n) is 3.13. The second kappa shape index (κ2) is 9.26. The van der Waals surface area contributed by atoms with Crippen LogP contribution in [0.5, 0.6) is 0 Å². The molecule has 158 valence electrons. The smallest absolute Gasteiger partial charge is 0.253 e. The summed E-state index contributed by atoms with van der Waals surface area (Å²) in [5.74, 6) is -0.127. The van der Waals surface area contributed by atoms with Crippen molar-refractivity contribution in [2.24, 2.45) is 0 Å². The Kier molecular flexibility index (Phi) is 6.72. The van der Waals surface area contributed by atoms with Crippen LogP contribution in [-0.4, -0.2) is 48.3 Å². The van der Waals surface area contributed by atoms with Crippen LogP contribution >= 0.6 is 0 Å². The van der Waals surface area contributed by atoms with E-state index >= 15 is 0 Å². The number of nitrogens with one attached hydrogen (secondary N) is 1. The van der Waals surface area contributed by atoms with E-state index in [1.54, 1.807) is 37.9 Å². The van der Waals surface area contributed by atoms with Crippen molar-refractivity contribution in [3.63, 3.8) is 0 Å². The van der Waals surface area contributed by atoms with E-state index in [0.29, 0.717) is 12.1 Å². The van der Waals surface area contributed by atoms with Gasteiger partial charge in [-0.15, -0.1) is 0 Å². The molecule has 0 aliphatic carbocycles. The highest BCUT2D eigenvalue weighted by Crippen LogP contribution is 2.19. The molecular weight excluding hydrogens is 398 g/mol. The summed E-state index contributed by atoms with van der Waals surface area (Å²) in [7, 11) is -1.58. The summed E-state index contributed by atoms with van der Waals surface area (Å²) < 4.78 is 24.4. The fraction of sp³-hybridized carbons (Fsp3) is 0.304. The lowest BCUT2D eigenvalue weighted by molar-refractivity contribution is 0.0793. The van der Waals surface area contributed by atoms with Crippen LogP contribution in [0.1, 0.15) is 36.3 Å². The zero-order chi connectivity index (χ0) is 21.7. The molecule has 0 aliphatic heterocycles. The standard InChI is InChI=1S/C23H27N3O3S/c1-17(2)30(28,29)21-13-11-19(12-14-21)23(27)26(3)15-7-10-20-16-22(25-24-20)18-8-5-4-6-9-18/h4-6,8-9,11-14,16-17H,7,10,15H2,1-3H3,(H,24,25). The number of carbonyl (C=O) groups is 1. The van der Waals surface area contributed by atoms with Gasteiger partial charge in [-0.05, 0) is 57.0 Å². The van der Waals surface area contributed by atoms with Crippen LogP contribution < -0.4 is 0 Å². The van der Waals surface area contributed by atoms with Gasteiger partial charge in [-0.25, -0.2) is 8.42 Å². The van der Waals surface area contributed by atoms with Crippen LogP contribution in [-0.2, 0) is 16.3 Å². The number of H-pyrrole nitrogens is 1. The Labute approximate surface area is 177 Å². The Hall–Kier alpha value is -2.93. The Morgan fingerprint density at radius 2 is 1.73 bits per heavy atom. The van der Waals surface area contributed by atoms with E-state index in [4.69, 9.17) is 0 Å². The number of nitrogens with zero attached hydrogens (tertiary/aromatic N) is 2. The predicted molar refractivity (Wildman–Crippen MR) is 118 cm³/mol. The van der Waals surface area contributed by atoms with Gasteiger partial charge in [-0.2, -0.15) is 5.10 Å². The van der Waals surface area contributed by atoms with Gasteiger partial charge in [-0.3, -0.25) is 9.89 Å². The van der Waals surface area contributed by atoms with E-state index in [1.807, 2.05) is 36.4 Å². The summed E-state index contributed by atoms with van der Waals surface area (Å²) >= 11 is 0. The third-order valence-electron chi connectivity index (χ3n) is 5.04. The van der Waals surface area contributed by atoms with Crippen molar-refractivity contribution in [1.82, 2.24) is 15.1 Å². The zero-order valence-electron chi connectivity index (χ0n) is 17.5. The Bertz CT molecular complexity index is 1090. The van der Waals surface area contributed by atoms with Gasteiger partial charge in [0.05, 0.1) is 15.8 Å². The molecule has 0 spiro atoms. The van der Waals surface area contributed by atoms with E-state index in [1.165, 1.54) is 12.1 Å². The molecule has 0 saturated carbocycles. The normalized spacial score (nSPS) is 11.6. The zero-order valence-corrected chi connectivity index (χ0v) is 18.3. The summed E-state index contributed by atoms with van der Waals surface area (Å²) in [5.41, 5.74) is 3.48. The van der Waals surface area contributed by atoms with Gasteiger partial charge in [0.25, 0.3) is 5.91 Å². The molecule has 3 rings (SSSR count). The van der Waals surface area contributed by atoms with Gasteiger partial charge >= 0.3 is 0 Å². The van der Waals surface area contributed by atoms with Crippen molar-refractivity contribution < 1.29 is 13.2 Å². The van der Waals surface area contributed by atoms with E-state index in [2.05, 4.69) is 10.2 Å². The number of aromatic nitrogens is 2. The molecule has 1 N–H and O–H groups in total. The lowest BCUT2D eigenvalue weighted by Crippen LogP contribution is -2.28. The van der Waals surface area contributed by atoms with Crippen molar-refractivity contribution in [2.45, 2.75) is 36.8 Å². The molecule has 0 unspecified atom stereocenters. The molecule has 1 amide bonds. The van der Waals surface area contributed by atoms with Crippen LogP contribution in [0, 0.1) is 0 Å². The van der Waals surface area contributed by atoms with E-state index in [0.717, 1.165) is 29.8 Å². The molecule has 1 heterocycles. The average Bonchev–Trinajstić information content (AvgIpc) is 3.22. The van der Waals surface area contributed by atoms with Crippen LogP contribution in [0.15, 0.2) is 65.6 Å². The number of carbonyl (C=O) groups excluding carboxylic acids is 1. The van der Waals surface area contributed by atoms with E-state index < -0.39 is 15.1 Å². The highest BCUT2D eigenvalue weighted by atomic mass is 32.2. The van der Waals surface area contributed by atoms with Gasteiger partial charge in [-0.1, -0.05) is 30.3 Å². The first-order chi connectivity index (χ1) is 14.3. The number of aromatic amines is 1. The lowest BCUT2D eigenvalue weighted by Gasteiger charge is -2.17. The first-order valence-electron chi connectivity index (χ1n) is 9.98. The number of benzene rings is 2. The molecular formula is C23H27N3O3S. The summed E-state index contributed by atoms with van der Waals surface area (Å²) in [6.07, 6.45) is 1.57. The highest BCUT2D eigenvalue weighted by molar-refractivity contribution is 7.92. The van der Waals surface area contributed by atoms with Gasteiger partial charge in [0.2, 0.25) is 0 Å². The summed E-state index contributed by atoms with van der Waals surface area (Å²) in [6.45, 7) is 3.87. The van der Waals surface area contributed by atoms with Gasteiger partial charge in [0, 0.05) is 30.4 Å². The van der Waals surface area contributed by atoms with Crippen molar-refractivity contribution >= 4 is 15.7 Å².